The van der Waals surface area contributed by atoms with E-state index in [1.165, 1.54) is 14.1 Å². The number of barbiturate groups is 1. The van der Waals surface area contributed by atoms with E-state index in [0.29, 0.717) is 12.2 Å². The number of fused-ring (bicyclic) bond motifs is 4. The summed E-state index contributed by atoms with van der Waals surface area (Å²) in [5, 5.41) is 0. The molecule has 0 bridgehead atoms. The molecule has 0 aliphatic carbocycles. The first-order valence-electron chi connectivity index (χ1n) is 9.29. The van der Waals surface area contributed by atoms with Gasteiger partial charge in [-0.05, 0) is 36.7 Å². The van der Waals surface area contributed by atoms with Crippen LogP contribution >= 0.6 is 12.4 Å². The third-order valence-corrected chi connectivity index (χ3v) is 6.31. The minimum absolute atomic E-state index is 0. The first-order valence-corrected chi connectivity index (χ1v) is 9.29. The number of hydrogen-bond donors (Lipinski definition) is 1. The summed E-state index contributed by atoms with van der Waals surface area (Å²) in [5.41, 5.74) is 7.18. The van der Waals surface area contributed by atoms with Gasteiger partial charge in [-0.3, -0.25) is 24.3 Å². The number of rotatable bonds is 1. The maximum absolute atomic E-state index is 13.4. The summed E-state index contributed by atoms with van der Waals surface area (Å²) in [6, 6.07) is 4.77. The molecule has 2 N–H and O–H groups in total. The van der Waals surface area contributed by atoms with Crippen molar-refractivity contribution in [3.05, 3.63) is 23.8 Å². The number of nitrogens with zero attached hydrogens (tertiary/aromatic N) is 4. The number of likely N-dealkylation sites (N-methyl/N-ethyl adjacent to an activating group) is 1. The van der Waals surface area contributed by atoms with Crippen LogP contribution in [0.4, 0.5) is 16.2 Å². The molecule has 2 saturated heterocycles. The lowest BCUT2D eigenvalue weighted by Gasteiger charge is -2.56. The number of anilines is 2. The van der Waals surface area contributed by atoms with E-state index < -0.39 is 23.3 Å². The van der Waals surface area contributed by atoms with Crippen molar-refractivity contribution in [2.45, 2.75) is 19.4 Å². The zero-order valence-corrected chi connectivity index (χ0v) is 17.2. The number of hydrogen-bond acceptors (Lipinski definition) is 6. The lowest BCUT2D eigenvalue weighted by Crippen LogP contribution is -2.74. The maximum atomic E-state index is 13.4. The van der Waals surface area contributed by atoms with Crippen LogP contribution in [0.3, 0.4) is 0 Å². The number of urea groups is 1. The van der Waals surface area contributed by atoms with E-state index in [1.807, 2.05) is 18.2 Å². The number of halogens is 1. The number of benzene rings is 1. The maximum Gasteiger partial charge on any atom is 0.332 e. The Labute approximate surface area is 170 Å². The number of imide groups is 2. The number of amides is 4. The predicted octanol–water partition coefficient (Wildman–Crippen LogP) is 0.794. The predicted molar refractivity (Wildman–Crippen MR) is 108 cm³/mol. The molecule has 1 aromatic carbocycles. The van der Waals surface area contributed by atoms with Crippen LogP contribution in [-0.4, -0.2) is 78.9 Å². The van der Waals surface area contributed by atoms with E-state index in [9.17, 15) is 14.4 Å². The van der Waals surface area contributed by atoms with Crippen LogP contribution in [0, 0.1) is 5.41 Å². The lowest BCUT2D eigenvalue weighted by molar-refractivity contribution is -0.160. The Kier molecular flexibility index (Phi) is 5.05. The van der Waals surface area contributed by atoms with Gasteiger partial charge in [0, 0.05) is 45.1 Å². The molecule has 9 heteroatoms. The Morgan fingerprint density at radius 3 is 2.36 bits per heavy atom. The van der Waals surface area contributed by atoms with Crippen molar-refractivity contribution in [1.82, 2.24) is 14.7 Å². The fourth-order valence-electron chi connectivity index (χ4n) is 4.81. The van der Waals surface area contributed by atoms with E-state index in [1.54, 1.807) is 0 Å². The molecule has 1 unspecified atom stereocenters. The fourth-order valence-corrected chi connectivity index (χ4v) is 4.81. The SMILES string of the molecule is CCN1CCN2c3ccc(N)cc3CC3(C(=O)N(C)C(=O)N(C)C3=O)C2C1.Cl. The summed E-state index contributed by atoms with van der Waals surface area (Å²) in [6.07, 6.45) is 0.256. The standard InChI is InChI=1S/C19H25N5O3.ClH/c1-4-23-7-8-24-14-6-5-13(20)9-12(14)10-19(15(24)11-23)16(25)21(2)18(27)22(3)17(19)26;/h5-6,9,15H,4,7-8,10-11,20H2,1-3H3;1H. The molecule has 1 aromatic rings. The third-order valence-electron chi connectivity index (χ3n) is 6.31. The van der Waals surface area contributed by atoms with Gasteiger partial charge in [0.1, 0.15) is 0 Å². The smallest absolute Gasteiger partial charge is 0.332 e. The highest BCUT2D eigenvalue weighted by Gasteiger charge is 2.63. The number of carbonyl (C=O) groups is 3. The van der Waals surface area contributed by atoms with Crippen LogP contribution in [0.5, 0.6) is 0 Å². The van der Waals surface area contributed by atoms with E-state index in [-0.39, 0.29) is 24.9 Å². The monoisotopic (exact) mass is 407 g/mol. The first-order chi connectivity index (χ1) is 12.8. The normalized spacial score (nSPS) is 24.2. The Bertz CT molecular complexity index is 821. The van der Waals surface area contributed by atoms with Crippen molar-refractivity contribution in [2.75, 3.05) is 50.9 Å². The van der Waals surface area contributed by atoms with E-state index in [2.05, 4.69) is 16.7 Å². The number of nitrogen functional groups attached to an aromatic ring is 1. The van der Waals surface area contributed by atoms with Crippen molar-refractivity contribution >= 4 is 41.6 Å². The van der Waals surface area contributed by atoms with Gasteiger partial charge in [0.2, 0.25) is 11.8 Å². The van der Waals surface area contributed by atoms with Crippen molar-refractivity contribution in [1.29, 1.82) is 0 Å². The highest BCUT2D eigenvalue weighted by atomic mass is 35.5. The average molecular weight is 408 g/mol. The molecule has 4 amide bonds. The molecular weight excluding hydrogens is 382 g/mol. The van der Waals surface area contributed by atoms with Gasteiger partial charge in [0.15, 0.2) is 5.41 Å². The third kappa shape index (κ3) is 2.58. The van der Waals surface area contributed by atoms with Crippen LogP contribution in [0.1, 0.15) is 12.5 Å². The van der Waals surface area contributed by atoms with Gasteiger partial charge in [-0.2, -0.15) is 0 Å². The number of piperazine rings is 1. The summed E-state index contributed by atoms with van der Waals surface area (Å²) in [4.78, 5) is 45.7. The summed E-state index contributed by atoms with van der Waals surface area (Å²) in [6.45, 7) is 5.11. The molecular formula is C19H26ClN5O3. The van der Waals surface area contributed by atoms with Gasteiger partial charge in [-0.1, -0.05) is 6.92 Å². The Morgan fingerprint density at radius 1 is 1.11 bits per heavy atom. The number of carbonyl (C=O) groups excluding carboxylic acids is 3. The highest BCUT2D eigenvalue weighted by Crippen LogP contribution is 2.47. The zero-order chi connectivity index (χ0) is 19.5. The highest BCUT2D eigenvalue weighted by molar-refractivity contribution is 6.20. The summed E-state index contributed by atoms with van der Waals surface area (Å²) < 4.78 is 0. The molecule has 1 atom stereocenters. The van der Waals surface area contributed by atoms with E-state index in [4.69, 9.17) is 5.73 Å². The quantitative estimate of drug-likeness (QED) is 0.547. The van der Waals surface area contributed by atoms with Gasteiger partial charge >= 0.3 is 6.03 Å². The molecule has 152 valence electrons. The van der Waals surface area contributed by atoms with Gasteiger partial charge in [0.05, 0.1) is 6.04 Å². The minimum atomic E-state index is -1.31. The summed E-state index contributed by atoms with van der Waals surface area (Å²) >= 11 is 0. The molecule has 3 aliphatic rings. The molecule has 0 aromatic heterocycles. The van der Waals surface area contributed by atoms with Crippen molar-refractivity contribution in [3.8, 4) is 0 Å². The molecule has 0 radical (unpaired) electrons. The second kappa shape index (κ2) is 6.93. The van der Waals surface area contributed by atoms with Crippen LogP contribution in [-0.2, 0) is 16.0 Å². The minimum Gasteiger partial charge on any atom is -0.399 e. The zero-order valence-electron chi connectivity index (χ0n) is 16.3. The molecule has 1 spiro atoms. The molecule has 8 nitrogen and oxygen atoms in total. The second-order valence-corrected chi connectivity index (χ2v) is 7.65. The summed E-state index contributed by atoms with van der Waals surface area (Å²) in [5.74, 6) is -0.840. The van der Waals surface area contributed by atoms with Gasteiger partial charge in [-0.15, -0.1) is 12.4 Å². The molecule has 2 fully saturated rings. The van der Waals surface area contributed by atoms with Crippen LogP contribution in [0.15, 0.2) is 18.2 Å². The van der Waals surface area contributed by atoms with Crippen LogP contribution < -0.4 is 10.6 Å². The topological polar surface area (TPSA) is 90.2 Å². The molecule has 3 heterocycles. The van der Waals surface area contributed by atoms with Crippen molar-refractivity contribution in [2.24, 2.45) is 5.41 Å². The van der Waals surface area contributed by atoms with Gasteiger partial charge in [-0.25, -0.2) is 4.79 Å². The molecule has 0 saturated carbocycles. The van der Waals surface area contributed by atoms with E-state index in [0.717, 1.165) is 40.7 Å². The van der Waals surface area contributed by atoms with Gasteiger partial charge < -0.3 is 10.6 Å². The second-order valence-electron chi connectivity index (χ2n) is 7.65. The number of nitrogens with two attached hydrogens (primary N) is 1. The molecule has 4 rings (SSSR count). The molecule has 28 heavy (non-hydrogen) atoms. The fraction of sp³-hybridized carbons (Fsp3) is 0.526. The van der Waals surface area contributed by atoms with E-state index >= 15 is 0 Å². The lowest BCUT2D eigenvalue weighted by atomic mass is 9.67. The van der Waals surface area contributed by atoms with Crippen LogP contribution in [0.25, 0.3) is 0 Å². The summed E-state index contributed by atoms with van der Waals surface area (Å²) in [7, 11) is 2.91. The average Bonchev–Trinajstić information content (AvgIpc) is 2.68. The van der Waals surface area contributed by atoms with Crippen molar-refractivity contribution in [3.63, 3.8) is 0 Å². The van der Waals surface area contributed by atoms with Crippen molar-refractivity contribution < 1.29 is 14.4 Å². The van der Waals surface area contributed by atoms with Crippen LogP contribution in [0.2, 0.25) is 0 Å². The largest absolute Gasteiger partial charge is 0.399 e. The Balaban J connectivity index is 0.00000225. The van der Waals surface area contributed by atoms with Gasteiger partial charge in [0.25, 0.3) is 0 Å². The Morgan fingerprint density at radius 2 is 1.75 bits per heavy atom. The molecule has 3 aliphatic heterocycles. The first kappa shape index (κ1) is 20.4. The Hall–Kier alpha value is -2.32.